The van der Waals surface area contributed by atoms with E-state index in [0.717, 1.165) is 43.2 Å². The molecule has 0 aromatic heterocycles. The predicted octanol–water partition coefficient (Wildman–Crippen LogP) is 6.94. The van der Waals surface area contributed by atoms with Crippen molar-refractivity contribution >= 4 is 50.7 Å². The molecule has 7 nitrogen and oxygen atoms in total. The number of carbonyl (C=O) groups excluding carboxylic acids is 2. The first-order valence-electron chi connectivity index (χ1n) is 15.1. The molecule has 0 heterocycles. The average molecular weight is 659 g/mol. The molecule has 3 aromatic rings. The first-order chi connectivity index (χ1) is 21.0. The monoisotopic (exact) mass is 657 g/mol. The number of aryl methyl sites for hydroxylation is 1. The molecule has 1 aliphatic rings. The molecule has 3 aromatic carbocycles. The lowest BCUT2D eigenvalue weighted by Gasteiger charge is -2.34. The lowest BCUT2D eigenvalue weighted by molar-refractivity contribution is -0.141. The Balaban J connectivity index is 1.63. The second-order valence-electron chi connectivity index (χ2n) is 11.5. The molecule has 0 bridgehead atoms. The number of anilines is 1. The molecular weight excluding hydrogens is 617 g/mol. The van der Waals surface area contributed by atoms with Crippen LogP contribution in [0.3, 0.4) is 0 Å². The van der Waals surface area contributed by atoms with E-state index < -0.39 is 16.1 Å². The highest BCUT2D eigenvalue weighted by molar-refractivity contribution is 7.92. The number of amides is 2. The van der Waals surface area contributed by atoms with Crippen molar-refractivity contribution in [3.05, 3.63) is 99.5 Å². The van der Waals surface area contributed by atoms with Crippen molar-refractivity contribution < 1.29 is 18.0 Å². The number of carbonyl (C=O) groups is 2. The largest absolute Gasteiger partial charge is 0.352 e. The molecule has 0 spiro atoms. The van der Waals surface area contributed by atoms with Crippen LogP contribution in [0.15, 0.2) is 72.8 Å². The van der Waals surface area contributed by atoms with Crippen molar-refractivity contribution in [2.24, 2.45) is 0 Å². The van der Waals surface area contributed by atoms with Crippen LogP contribution in [0.2, 0.25) is 10.0 Å². The molecule has 236 valence electrons. The third kappa shape index (κ3) is 9.22. The quantitative estimate of drug-likeness (QED) is 0.216. The summed E-state index contributed by atoms with van der Waals surface area (Å²) in [6.07, 6.45) is 6.86. The molecule has 1 fully saturated rings. The summed E-state index contributed by atoms with van der Waals surface area (Å²) in [5.41, 5.74) is 2.88. The van der Waals surface area contributed by atoms with Crippen molar-refractivity contribution in [1.82, 2.24) is 10.2 Å². The van der Waals surface area contributed by atoms with Gasteiger partial charge in [0, 0.05) is 47.6 Å². The summed E-state index contributed by atoms with van der Waals surface area (Å²) in [6, 6.07) is 21.3. The number of nitrogens with one attached hydrogen (secondary N) is 1. The molecule has 1 saturated carbocycles. The molecular formula is C34H41Cl2N3O4S. The molecule has 10 heteroatoms. The van der Waals surface area contributed by atoms with E-state index in [1.54, 1.807) is 35.2 Å². The second-order valence-corrected chi connectivity index (χ2v) is 14.2. The van der Waals surface area contributed by atoms with E-state index in [9.17, 15) is 18.0 Å². The third-order valence-electron chi connectivity index (χ3n) is 8.15. The van der Waals surface area contributed by atoms with Crippen LogP contribution in [0.5, 0.6) is 0 Å². The molecule has 0 saturated heterocycles. The minimum atomic E-state index is -3.60. The predicted molar refractivity (Wildman–Crippen MR) is 179 cm³/mol. The summed E-state index contributed by atoms with van der Waals surface area (Å²) in [5.74, 6) is -0.492. The number of para-hydroxylation sites is 1. The summed E-state index contributed by atoms with van der Waals surface area (Å²) in [5, 5.41) is 4.04. The maximum atomic E-state index is 14.1. The number of nitrogens with zero attached hydrogens (tertiary/aromatic N) is 2. The highest BCUT2D eigenvalue weighted by Crippen LogP contribution is 2.29. The van der Waals surface area contributed by atoms with Gasteiger partial charge in [-0.3, -0.25) is 13.9 Å². The van der Waals surface area contributed by atoms with Crippen LogP contribution in [-0.4, -0.2) is 50.0 Å². The summed E-state index contributed by atoms with van der Waals surface area (Å²) >= 11 is 13.1. The number of hydrogen-bond acceptors (Lipinski definition) is 4. The zero-order valence-corrected chi connectivity index (χ0v) is 27.7. The lowest BCUT2D eigenvalue weighted by Crippen LogP contribution is -2.53. The summed E-state index contributed by atoms with van der Waals surface area (Å²) in [6.45, 7) is 2.01. The van der Waals surface area contributed by atoms with Gasteiger partial charge in [0.2, 0.25) is 21.8 Å². The van der Waals surface area contributed by atoms with E-state index in [2.05, 4.69) is 5.32 Å². The molecule has 44 heavy (non-hydrogen) atoms. The molecule has 2 amide bonds. The normalized spacial score (nSPS) is 14.5. The van der Waals surface area contributed by atoms with Gasteiger partial charge in [0.25, 0.3) is 0 Å². The fourth-order valence-electron chi connectivity index (χ4n) is 5.78. The number of sulfonamides is 1. The second kappa shape index (κ2) is 15.8. The molecule has 1 unspecified atom stereocenters. The maximum absolute atomic E-state index is 14.1. The van der Waals surface area contributed by atoms with Gasteiger partial charge in [0.15, 0.2) is 0 Å². The Hall–Kier alpha value is -3.07. The summed E-state index contributed by atoms with van der Waals surface area (Å²) in [4.78, 5) is 29.7. The van der Waals surface area contributed by atoms with Crippen molar-refractivity contribution in [2.45, 2.75) is 76.9 Å². The van der Waals surface area contributed by atoms with Gasteiger partial charge in [-0.05, 0) is 55.5 Å². The zero-order chi connectivity index (χ0) is 31.7. The fourth-order valence-corrected chi connectivity index (χ4v) is 7.32. The van der Waals surface area contributed by atoms with Gasteiger partial charge >= 0.3 is 0 Å². The Morgan fingerprint density at radius 1 is 0.909 bits per heavy atom. The van der Waals surface area contributed by atoms with Crippen LogP contribution in [-0.2, 0) is 32.6 Å². The fraction of sp³-hybridized carbons (Fsp3) is 0.412. The third-order valence-corrected chi connectivity index (χ3v) is 10.0. The van der Waals surface area contributed by atoms with Crippen LogP contribution in [0.25, 0.3) is 0 Å². The Kier molecular flexibility index (Phi) is 12.1. The smallest absolute Gasteiger partial charge is 0.243 e. The van der Waals surface area contributed by atoms with E-state index in [-0.39, 0.29) is 43.8 Å². The van der Waals surface area contributed by atoms with E-state index in [4.69, 9.17) is 23.2 Å². The summed E-state index contributed by atoms with van der Waals surface area (Å²) in [7, 11) is -3.60. The van der Waals surface area contributed by atoms with Crippen LogP contribution in [0.4, 0.5) is 5.69 Å². The minimum absolute atomic E-state index is 0.0297. The number of halogens is 2. The lowest BCUT2D eigenvalue weighted by atomic mass is 9.94. The number of rotatable bonds is 13. The first kappa shape index (κ1) is 33.8. The van der Waals surface area contributed by atoms with Gasteiger partial charge in [-0.2, -0.15) is 0 Å². The highest BCUT2D eigenvalue weighted by atomic mass is 35.5. The van der Waals surface area contributed by atoms with Gasteiger partial charge in [0.05, 0.1) is 11.9 Å². The maximum Gasteiger partial charge on any atom is 0.243 e. The molecule has 0 radical (unpaired) electrons. The summed E-state index contributed by atoms with van der Waals surface area (Å²) < 4.78 is 26.8. The van der Waals surface area contributed by atoms with E-state index in [1.165, 1.54) is 10.6 Å². The molecule has 4 rings (SSSR count). The Morgan fingerprint density at radius 2 is 1.55 bits per heavy atom. The van der Waals surface area contributed by atoms with Gasteiger partial charge in [0.1, 0.15) is 6.04 Å². The highest BCUT2D eigenvalue weighted by Gasteiger charge is 2.33. The van der Waals surface area contributed by atoms with Crippen molar-refractivity contribution in [1.29, 1.82) is 0 Å². The molecule has 0 aliphatic heterocycles. The minimum Gasteiger partial charge on any atom is -0.352 e. The van der Waals surface area contributed by atoms with Crippen molar-refractivity contribution in [3.8, 4) is 0 Å². The van der Waals surface area contributed by atoms with Gasteiger partial charge < -0.3 is 10.2 Å². The van der Waals surface area contributed by atoms with E-state index >= 15 is 0 Å². The van der Waals surface area contributed by atoms with Gasteiger partial charge in [-0.1, -0.05) is 97.1 Å². The molecule has 1 atom stereocenters. The average Bonchev–Trinajstić information content (AvgIpc) is 2.99. The standard InChI is InChI=1S/C34H41Cl2N3O4S/c1-25-13-9-10-20-31(25)39(44(2,42)43)22-12-21-33(40)38(24-28-29(35)18-11-19-30(28)36)32(23-26-14-5-3-6-15-26)34(41)37-27-16-7-4-8-17-27/h3,5-6,9-11,13-15,18-20,27,32H,4,7-8,12,16-17,21-24H2,1-2H3,(H,37,41). The van der Waals surface area contributed by atoms with Crippen LogP contribution < -0.4 is 9.62 Å². The Morgan fingerprint density at radius 3 is 2.18 bits per heavy atom. The van der Waals surface area contributed by atoms with E-state index in [0.29, 0.717) is 27.7 Å². The molecule has 1 N–H and O–H groups in total. The van der Waals surface area contributed by atoms with Crippen LogP contribution in [0.1, 0.15) is 61.6 Å². The topological polar surface area (TPSA) is 86.8 Å². The molecule has 1 aliphatic carbocycles. The van der Waals surface area contributed by atoms with Gasteiger partial charge in [-0.25, -0.2) is 8.42 Å². The SMILES string of the molecule is Cc1ccccc1N(CCCC(=O)N(Cc1c(Cl)cccc1Cl)C(Cc1ccccc1)C(=O)NC1CCCCC1)S(C)(=O)=O. The Labute approximate surface area is 271 Å². The number of hydrogen-bond donors (Lipinski definition) is 1. The zero-order valence-electron chi connectivity index (χ0n) is 25.3. The Bertz CT molecular complexity index is 1510. The van der Waals surface area contributed by atoms with Gasteiger partial charge in [-0.15, -0.1) is 0 Å². The van der Waals surface area contributed by atoms with Crippen LogP contribution >= 0.6 is 23.2 Å². The van der Waals surface area contributed by atoms with E-state index in [1.807, 2.05) is 49.4 Å². The van der Waals surface area contributed by atoms with Crippen molar-refractivity contribution in [3.63, 3.8) is 0 Å². The number of benzene rings is 3. The van der Waals surface area contributed by atoms with Crippen LogP contribution in [0, 0.1) is 6.92 Å². The van der Waals surface area contributed by atoms with Crippen molar-refractivity contribution in [2.75, 3.05) is 17.1 Å². The first-order valence-corrected chi connectivity index (χ1v) is 17.7.